The third-order valence-corrected chi connectivity index (χ3v) is 8.97. The summed E-state index contributed by atoms with van der Waals surface area (Å²) in [6.07, 6.45) is 9.69. The van der Waals surface area contributed by atoms with E-state index in [-0.39, 0.29) is 17.6 Å². The Balaban J connectivity index is 1.16. The Morgan fingerprint density at radius 3 is 2.83 bits per heavy atom. The van der Waals surface area contributed by atoms with Crippen molar-refractivity contribution in [2.24, 2.45) is 11.1 Å². The molecule has 10 nitrogen and oxygen atoms in total. The third kappa shape index (κ3) is 3.40. The Morgan fingerprint density at radius 2 is 2.06 bits per heavy atom. The first-order valence-corrected chi connectivity index (χ1v) is 13.5. The van der Waals surface area contributed by atoms with Gasteiger partial charge < -0.3 is 20.3 Å². The first-order valence-electron chi connectivity index (χ1n) is 12.6. The molecule has 0 unspecified atom stereocenters. The van der Waals surface area contributed by atoms with Gasteiger partial charge in [-0.05, 0) is 38.7 Å². The minimum atomic E-state index is 0.0859. The van der Waals surface area contributed by atoms with Crippen LogP contribution in [0.15, 0.2) is 30.0 Å². The molecule has 0 saturated carbocycles. The second kappa shape index (κ2) is 8.46. The minimum absolute atomic E-state index is 0.0859. The van der Waals surface area contributed by atoms with Crippen LogP contribution in [0, 0.1) is 5.41 Å². The second-order valence-corrected chi connectivity index (χ2v) is 11.0. The van der Waals surface area contributed by atoms with E-state index in [1.54, 1.807) is 11.3 Å². The summed E-state index contributed by atoms with van der Waals surface area (Å²) in [5.41, 5.74) is 11.4. The van der Waals surface area contributed by atoms with E-state index in [2.05, 4.69) is 43.0 Å². The lowest BCUT2D eigenvalue weighted by molar-refractivity contribution is 0.0974. The molecule has 0 aliphatic carbocycles. The largest absolute Gasteiger partial charge is 0.376 e. The van der Waals surface area contributed by atoms with E-state index < -0.39 is 0 Å². The third-order valence-electron chi connectivity index (χ3n) is 8.19. The maximum absolute atomic E-state index is 6.49. The molecule has 186 valence electrons. The van der Waals surface area contributed by atoms with E-state index >= 15 is 0 Å². The van der Waals surface area contributed by atoms with Crippen molar-refractivity contribution < 1.29 is 4.74 Å². The van der Waals surface area contributed by atoms with Gasteiger partial charge >= 0.3 is 0 Å². The molecule has 0 amide bonds. The van der Waals surface area contributed by atoms with E-state index in [0.29, 0.717) is 5.65 Å². The summed E-state index contributed by atoms with van der Waals surface area (Å²) in [5, 5.41) is 10.7. The van der Waals surface area contributed by atoms with Crippen LogP contribution in [0.2, 0.25) is 0 Å². The Morgan fingerprint density at radius 1 is 1.17 bits per heavy atom. The van der Waals surface area contributed by atoms with Gasteiger partial charge in [-0.15, -0.1) is 11.3 Å². The van der Waals surface area contributed by atoms with Crippen LogP contribution in [0.25, 0.3) is 21.9 Å². The van der Waals surface area contributed by atoms with Gasteiger partial charge in [0.2, 0.25) is 0 Å². The number of hydrogen-bond donors (Lipinski definition) is 2. The van der Waals surface area contributed by atoms with E-state index in [0.717, 1.165) is 85.5 Å². The van der Waals surface area contributed by atoms with Crippen LogP contribution in [-0.2, 0) is 11.2 Å². The van der Waals surface area contributed by atoms with E-state index in [1.165, 1.54) is 5.56 Å². The van der Waals surface area contributed by atoms with Crippen LogP contribution < -0.4 is 15.5 Å². The predicted molar refractivity (Wildman–Crippen MR) is 140 cm³/mol. The highest BCUT2D eigenvalue weighted by atomic mass is 32.1. The maximum atomic E-state index is 6.49. The van der Waals surface area contributed by atoms with Crippen molar-refractivity contribution in [2.45, 2.75) is 44.8 Å². The number of piperidine rings is 1. The number of anilines is 3. The summed E-state index contributed by atoms with van der Waals surface area (Å²) in [6.45, 7) is 5.51. The quantitative estimate of drug-likeness (QED) is 0.434. The van der Waals surface area contributed by atoms with Gasteiger partial charge in [-0.2, -0.15) is 5.10 Å². The van der Waals surface area contributed by atoms with E-state index in [1.807, 2.05) is 24.0 Å². The zero-order valence-electron chi connectivity index (χ0n) is 20.2. The van der Waals surface area contributed by atoms with Crippen LogP contribution in [0.4, 0.5) is 17.3 Å². The van der Waals surface area contributed by atoms with Crippen LogP contribution in [0.5, 0.6) is 0 Å². The fourth-order valence-electron chi connectivity index (χ4n) is 6.04. The Hall–Kier alpha value is -3.15. The zero-order valence-corrected chi connectivity index (χ0v) is 21.0. The van der Waals surface area contributed by atoms with Crippen LogP contribution in [0.1, 0.15) is 31.7 Å². The monoisotopic (exact) mass is 503 g/mol. The number of H-pyrrole nitrogens is 1. The SMILES string of the molecule is C[C@@H]1OCC2(CCN(c3cnc4c(N5CCCc6c5ccnc6-c5nccs5)n[nH]c4n3)CC2)[C@@H]1N. The van der Waals surface area contributed by atoms with Crippen molar-refractivity contribution in [3.63, 3.8) is 0 Å². The average molecular weight is 504 g/mol. The van der Waals surface area contributed by atoms with Gasteiger partial charge in [0.25, 0.3) is 0 Å². The van der Waals surface area contributed by atoms with Crippen molar-refractivity contribution >= 4 is 39.8 Å². The summed E-state index contributed by atoms with van der Waals surface area (Å²) in [7, 11) is 0. The fourth-order valence-corrected chi connectivity index (χ4v) is 6.70. The normalized spacial score (nSPS) is 23.5. The molecule has 1 spiro atoms. The number of fused-ring (bicyclic) bond motifs is 2. The zero-order chi connectivity index (χ0) is 24.3. The molecule has 0 radical (unpaired) electrons. The van der Waals surface area contributed by atoms with Gasteiger partial charge in [-0.1, -0.05) is 0 Å². The van der Waals surface area contributed by atoms with Gasteiger partial charge in [-0.3, -0.25) is 10.1 Å². The minimum Gasteiger partial charge on any atom is -0.376 e. The first kappa shape index (κ1) is 22.1. The van der Waals surface area contributed by atoms with Crippen molar-refractivity contribution in [1.82, 2.24) is 30.1 Å². The number of ether oxygens (including phenoxy) is 1. The number of aromatic amines is 1. The molecule has 2 fully saturated rings. The molecule has 3 aliphatic rings. The molecule has 3 aliphatic heterocycles. The highest BCUT2D eigenvalue weighted by Gasteiger charge is 2.47. The maximum Gasteiger partial charge on any atom is 0.183 e. The summed E-state index contributed by atoms with van der Waals surface area (Å²) < 4.78 is 5.87. The average Bonchev–Trinajstić information content (AvgIpc) is 3.66. The van der Waals surface area contributed by atoms with E-state index in [9.17, 15) is 0 Å². The molecule has 2 saturated heterocycles. The van der Waals surface area contributed by atoms with Gasteiger partial charge in [0.1, 0.15) is 16.5 Å². The molecule has 2 atom stereocenters. The van der Waals surface area contributed by atoms with Crippen molar-refractivity contribution in [1.29, 1.82) is 0 Å². The van der Waals surface area contributed by atoms with Crippen molar-refractivity contribution in [3.8, 4) is 10.7 Å². The molecule has 11 heteroatoms. The summed E-state index contributed by atoms with van der Waals surface area (Å²) in [4.78, 5) is 23.4. The standard InChI is InChI=1S/C25H29N9OS/c1-15-21(26)25(14-35-15)5-10-33(11-6-25)18-13-29-20-22(30-18)31-32-23(20)34-9-2-3-16-17(34)4-7-27-19(16)24-28-8-12-36-24/h4,7-8,12-13,15,21H,2-3,5-6,9-11,14,26H2,1H3,(H,30,31,32)/t15-,21+/m0/s1. The number of pyridine rings is 1. The Labute approximate surface area is 212 Å². The molecule has 0 aromatic carbocycles. The van der Waals surface area contributed by atoms with Crippen LogP contribution >= 0.6 is 11.3 Å². The Kier molecular flexibility index (Phi) is 5.19. The smallest absolute Gasteiger partial charge is 0.183 e. The molecular formula is C25H29N9OS. The van der Waals surface area contributed by atoms with Crippen molar-refractivity contribution in [2.75, 3.05) is 36.0 Å². The number of hydrogen-bond acceptors (Lipinski definition) is 10. The second-order valence-electron chi connectivity index (χ2n) is 10.1. The number of nitrogens with two attached hydrogens (primary N) is 1. The highest BCUT2D eigenvalue weighted by molar-refractivity contribution is 7.13. The molecule has 4 aromatic heterocycles. The molecule has 0 bridgehead atoms. The van der Waals surface area contributed by atoms with Gasteiger partial charge in [0.15, 0.2) is 17.0 Å². The predicted octanol–water partition coefficient (Wildman–Crippen LogP) is 3.29. The van der Waals surface area contributed by atoms with Crippen LogP contribution in [-0.4, -0.2) is 68.5 Å². The first-order chi connectivity index (χ1) is 17.6. The molecule has 4 aromatic rings. The van der Waals surface area contributed by atoms with Crippen LogP contribution in [0.3, 0.4) is 0 Å². The van der Waals surface area contributed by atoms with E-state index in [4.69, 9.17) is 20.4 Å². The summed E-state index contributed by atoms with van der Waals surface area (Å²) in [5.74, 6) is 1.68. The van der Waals surface area contributed by atoms with Gasteiger partial charge in [0.05, 0.1) is 18.9 Å². The number of nitrogens with one attached hydrogen (secondary N) is 1. The summed E-state index contributed by atoms with van der Waals surface area (Å²) in [6, 6.07) is 2.16. The molecular weight excluding hydrogens is 474 g/mol. The number of rotatable bonds is 3. The molecule has 36 heavy (non-hydrogen) atoms. The lowest BCUT2D eigenvalue weighted by Gasteiger charge is -2.41. The number of nitrogens with zero attached hydrogens (tertiary/aromatic N) is 7. The topological polar surface area (TPSA) is 122 Å². The number of aromatic nitrogens is 6. The number of thiazole rings is 1. The lowest BCUT2D eigenvalue weighted by Crippen LogP contribution is -2.50. The fraction of sp³-hybridized carbons (Fsp3) is 0.480. The molecule has 7 heterocycles. The van der Waals surface area contributed by atoms with Crippen molar-refractivity contribution in [3.05, 3.63) is 35.6 Å². The highest BCUT2D eigenvalue weighted by Crippen LogP contribution is 2.42. The summed E-state index contributed by atoms with van der Waals surface area (Å²) >= 11 is 1.62. The van der Waals surface area contributed by atoms with Gasteiger partial charge in [0, 0.05) is 60.1 Å². The molecule has 7 rings (SSSR count). The van der Waals surface area contributed by atoms with Gasteiger partial charge in [-0.25, -0.2) is 15.0 Å². The Bertz CT molecular complexity index is 1400. The molecule has 3 N–H and O–H groups in total. The lowest BCUT2D eigenvalue weighted by atomic mass is 9.73.